The molecular weight excluding hydrogens is 276 g/mol. The second-order valence-electron chi connectivity index (χ2n) is 6.58. The molecule has 0 amide bonds. The highest BCUT2D eigenvalue weighted by molar-refractivity contribution is 5.80. The van der Waals surface area contributed by atoms with Crippen molar-refractivity contribution in [3.63, 3.8) is 0 Å². The Bertz CT molecular complexity index is 622. The van der Waals surface area contributed by atoms with Crippen molar-refractivity contribution in [1.82, 2.24) is 0 Å². The van der Waals surface area contributed by atoms with Crippen LogP contribution in [0.2, 0.25) is 0 Å². The zero-order chi connectivity index (χ0) is 16.5. The van der Waals surface area contributed by atoms with E-state index in [1.54, 1.807) is 13.2 Å². The summed E-state index contributed by atoms with van der Waals surface area (Å²) in [4.78, 5) is 0. The molecule has 1 aliphatic rings. The standard InChI is InChI=1S/C19H26O3/c1-12(2)16-11-19(4,5)22-18-10-17(21-6)14(9-15(16)18)13(3)7-8-20/h7,9-12,20H,8H2,1-6H3/b13-7-. The Hall–Kier alpha value is -1.74. The number of aliphatic hydroxyl groups excluding tert-OH is 1. The minimum Gasteiger partial charge on any atom is -0.496 e. The lowest BCUT2D eigenvalue weighted by atomic mass is 9.86. The van der Waals surface area contributed by atoms with Gasteiger partial charge in [-0.1, -0.05) is 19.9 Å². The normalized spacial score (nSPS) is 16.9. The van der Waals surface area contributed by atoms with E-state index >= 15 is 0 Å². The highest BCUT2D eigenvalue weighted by Crippen LogP contribution is 2.43. The highest BCUT2D eigenvalue weighted by atomic mass is 16.5. The van der Waals surface area contributed by atoms with Gasteiger partial charge in [-0.3, -0.25) is 0 Å². The van der Waals surface area contributed by atoms with Gasteiger partial charge in [0, 0.05) is 17.2 Å². The van der Waals surface area contributed by atoms with E-state index in [-0.39, 0.29) is 12.2 Å². The molecule has 0 atom stereocenters. The molecule has 0 saturated carbocycles. The molecule has 2 rings (SSSR count). The highest BCUT2D eigenvalue weighted by Gasteiger charge is 2.29. The van der Waals surface area contributed by atoms with E-state index in [1.165, 1.54) is 5.57 Å². The molecule has 120 valence electrons. The molecular formula is C19H26O3. The van der Waals surface area contributed by atoms with Crippen molar-refractivity contribution in [2.45, 2.75) is 40.2 Å². The molecule has 0 unspecified atom stereocenters. The molecule has 0 bridgehead atoms. The first-order chi connectivity index (χ1) is 10.3. The summed E-state index contributed by atoms with van der Waals surface area (Å²) in [6.07, 6.45) is 3.98. The Morgan fingerprint density at radius 3 is 2.59 bits per heavy atom. The monoisotopic (exact) mass is 302 g/mol. The lowest BCUT2D eigenvalue weighted by Gasteiger charge is -2.33. The second-order valence-corrected chi connectivity index (χ2v) is 6.58. The molecule has 1 heterocycles. The van der Waals surface area contributed by atoms with Crippen LogP contribution in [-0.4, -0.2) is 24.4 Å². The van der Waals surface area contributed by atoms with Gasteiger partial charge in [0.15, 0.2) is 0 Å². The van der Waals surface area contributed by atoms with Gasteiger partial charge in [-0.2, -0.15) is 0 Å². The van der Waals surface area contributed by atoms with Crippen LogP contribution >= 0.6 is 0 Å². The third-order valence-corrected chi connectivity index (χ3v) is 3.93. The summed E-state index contributed by atoms with van der Waals surface area (Å²) in [7, 11) is 1.66. The molecule has 3 heteroatoms. The lowest BCUT2D eigenvalue weighted by molar-refractivity contribution is 0.156. The van der Waals surface area contributed by atoms with Crippen LogP contribution in [0.25, 0.3) is 11.1 Å². The molecule has 1 aromatic carbocycles. The first-order valence-corrected chi connectivity index (χ1v) is 7.71. The zero-order valence-electron chi connectivity index (χ0n) is 14.4. The SMILES string of the molecule is COc1cc2c(cc1/C(C)=C\CO)C(C(C)C)=CC(C)(C)O2. The number of rotatable bonds is 4. The largest absolute Gasteiger partial charge is 0.496 e. The van der Waals surface area contributed by atoms with Gasteiger partial charge in [0.05, 0.1) is 13.7 Å². The predicted molar refractivity (Wildman–Crippen MR) is 91.3 cm³/mol. The summed E-state index contributed by atoms with van der Waals surface area (Å²) in [5.74, 6) is 2.03. The van der Waals surface area contributed by atoms with Crippen molar-refractivity contribution in [3.8, 4) is 11.5 Å². The molecule has 0 fully saturated rings. The average Bonchev–Trinajstić information content (AvgIpc) is 2.44. The summed E-state index contributed by atoms with van der Waals surface area (Å²) in [5, 5.41) is 9.16. The number of methoxy groups -OCH3 is 1. The van der Waals surface area contributed by atoms with Crippen molar-refractivity contribution in [2.24, 2.45) is 5.92 Å². The topological polar surface area (TPSA) is 38.7 Å². The predicted octanol–water partition coefficient (Wildman–Crippen LogP) is 4.30. The van der Waals surface area contributed by atoms with E-state index in [2.05, 4.69) is 39.8 Å². The molecule has 0 aromatic heterocycles. The molecule has 0 saturated heterocycles. The zero-order valence-corrected chi connectivity index (χ0v) is 14.4. The summed E-state index contributed by atoms with van der Waals surface area (Å²) < 4.78 is 11.6. The van der Waals surface area contributed by atoms with Crippen LogP contribution < -0.4 is 9.47 Å². The van der Waals surface area contributed by atoms with Crippen LogP contribution in [0.4, 0.5) is 0 Å². The molecule has 1 aliphatic heterocycles. The van der Waals surface area contributed by atoms with E-state index in [0.29, 0.717) is 5.92 Å². The van der Waals surface area contributed by atoms with Gasteiger partial charge in [-0.15, -0.1) is 0 Å². The summed E-state index contributed by atoms with van der Waals surface area (Å²) >= 11 is 0. The van der Waals surface area contributed by atoms with Crippen LogP contribution in [0.3, 0.4) is 0 Å². The molecule has 0 radical (unpaired) electrons. The van der Waals surface area contributed by atoms with Crippen molar-refractivity contribution in [3.05, 3.63) is 35.4 Å². The first kappa shape index (κ1) is 16.6. The fraction of sp³-hybridized carbons (Fsp3) is 0.474. The second kappa shape index (κ2) is 6.17. The van der Waals surface area contributed by atoms with E-state index in [1.807, 2.05) is 13.0 Å². The Morgan fingerprint density at radius 2 is 2.05 bits per heavy atom. The van der Waals surface area contributed by atoms with Gasteiger partial charge < -0.3 is 14.6 Å². The van der Waals surface area contributed by atoms with Crippen molar-refractivity contribution < 1.29 is 14.6 Å². The van der Waals surface area contributed by atoms with Gasteiger partial charge >= 0.3 is 0 Å². The maximum absolute atomic E-state index is 9.16. The molecule has 0 aliphatic carbocycles. The van der Waals surface area contributed by atoms with Crippen LogP contribution in [0.15, 0.2) is 24.3 Å². The number of ether oxygens (including phenoxy) is 2. The van der Waals surface area contributed by atoms with Crippen LogP contribution in [0, 0.1) is 5.92 Å². The van der Waals surface area contributed by atoms with E-state index in [9.17, 15) is 0 Å². The summed E-state index contributed by atoms with van der Waals surface area (Å²) in [6, 6.07) is 4.06. The van der Waals surface area contributed by atoms with Gasteiger partial charge in [0.25, 0.3) is 0 Å². The van der Waals surface area contributed by atoms with Gasteiger partial charge in [-0.25, -0.2) is 0 Å². The molecule has 3 nitrogen and oxygen atoms in total. The quantitative estimate of drug-likeness (QED) is 0.901. The fourth-order valence-corrected chi connectivity index (χ4v) is 2.84. The minimum absolute atomic E-state index is 0.0163. The van der Waals surface area contributed by atoms with Crippen molar-refractivity contribution in [1.29, 1.82) is 0 Å². The number of benzene rings is 1. The number of aliphatic hydroxyl groups is 1. The molecule has 0 spiro atoms. The average molecular weight is 302 g/mol. The van der Waals surface area contributed by atoms with Crippen molar-refractivity contribution in [2.75, 3.05) is 13.7 Å². The maximum atomic E-state index is 9.16. The first-order valence-electron chi connectivity index (χ1n) is 7.71. The Morgan fingerprint density at radius 1 is 1.36 bits per heavy atom. The van der Waals surface area contributed by atoms with Gasteiger partial charge in [-0.05, 0) is 50.0 Å². The molecule has 22 heavy (non-hydrogen) atoms. The summed E-state index contributed by atoms with van der Waals surface area (Å²) in [5.41, 5.74) is 4.05. The lowest BCUT2D eigenvalue weighted by Crippen LogP contribution is -2.29. The Balaban J connectivity index is 2.66. The van der Waals surface area contributed by atoms with E-state index in [0.717, 1.165) is 28.2 Å². The number of allylic oxidation sites excluding steroid dienone is 2. The fourth-order valence-electron chi connectivity index (χ4n) is 2.84. The Labute approximate surface area is 133 Å². The third kappa shape index (κ3) is 3.20. The van der Waals surface area contributed by atoms with Crippen LogP contribution in [0.1, 0.15) is 45.7 Å². The Kier molecular flexibility index (Phi) is 4.66. The number of hydrogen-bond acceptors (Lipinski definition) is 3. The number of hydrogen-bond donors (Lipinski definition) is 1. The van der Waals surface area contributed by atoms with Crippen LogP contribution in [0.5, 0.6) is 11.5 Å². The van der Waals surface area contributed by atoms with E-state index in [4.69, 9.17) is 14.6 Å². The summed E-state index contributed by atoms with van der Waals surface area (Å²) in [6.45, 7) is 10.5. The molecule has 1 aromatic rings. The van der Waals surface area contributed by atoms with E-state index < -0.39 is 0 Å². The van der Waals surface area contributed by atoms with Gasteiger partial charge in [0.2, 0.25) is 0 Å². The van der Waals surface area contributed by atoms with Gasteiger partial charge in [0.1, 0.15) is 17.1 Å². The van der Waals surface area contributed by atoms with Crippen LogP contribution in [-0.2, 0) is 0 Å². The van der Waals surface area contributed by atoms with Crippen molar-refractivity contribution >= 4 is 11.1 Å². The number of fused-ring (bicyclic) bond motifs is 1. The third-order valence-electron chi connectivity index (χ3n) is 3.93. The smallest absolute Gasteiger partial charge is 0.131 e. The molecule has 1 N–H and O–H groups in total. The maximum Gasteiger partial charge on any atom is 0.131 e. The minimum atomic E-state index is -0.324.